The number of pyridine rings is 1. The molecule has 2 saturated carbocycles. The molecule has 5 nitrogen and oxygen atoms in total. The molecule has 1 spiro atoms. The van der Waals surface area contributed by atoms with E-state index in [1.807, 2.05) is 30.5 Å². The van der Waals surface area contributed by atoms with Crippen molar-refractivity contribution in [3.63, 3.8) is 0 Å². The minimum atomic E-state index is -1.56. The number of aromatic nitrogens is 1. The van der Waals surface area contributed by atoms with Gasteiger partial charge in [0.1, 0.15) is 0 Å². The van der Waals surface area contributed by atoms with Crippen LogP contribution in [0.5, 0.6) is 0 Å². The van der Waals surface area contributed by atoms with Crippen LogP contribution in [0.25, 0.3) is 10.9 Å². The van der Waals surface area contributed by atoms with Crippen LogP contribution in [0.3, 0.4) is 0 Å². The van der Waals surface area contributed by atoms with Gasteiger partial charge in [0.25, 0.3) is 0 Å². The van der Waals surface area contributed by atoms with Gasteiger partial charge in [0, 0.05) is 11.6 Å². The Morgan fingerprint density at radius 2 is 1.70 bits per heavy atom. The van der Waals surface area contributed by atoms with E-state index in [1.165, 1.54) is 5.56 Å². The Balaban J connectivity index is 1.55. The minimum absolute atomic E-state index is 0.105. The third-order valence-corrected chi connectivity index (χ3v) is 5.65. The average molecular weight is 311 g/mol. The van der Waals surface area contributed by atoms with E-state index in [4.69, 9.17) is 0 Å². The summed E-state index contributed by atoms with van der Waals surface area (Å²) in [6.45, 7) is 0. The fourth-order valence-corrected chi connectivity index (χ4v) is 4.59. The molecule has 4 rings (SSSR count). The maximum Gasteiger partial charge on any atom is 0.321 e. The summed E-state index contributed by atoms with van der Waals surface area (Å²) in [5.74, 6) is -2.04. The smallest absolute Gasteiger partial charge is 0.321 e. The molecule has 23 heavy (non-hydrogen) atoms. The van der Waals surface area contributed by atoms with Gasteiger partial charge >= 0.3 is 11.9 Å². The molecular weight excluding hydrogens is 294 g/mol. The number of carbonyl (C=O) groups is 2. The number of hydrogen-bond acceptors (Lipinski definition) is 3. The van der Waals surface area contributed by atoms with E-state index in [1.54, 1.807) is 0 Å². The zero-order chi connectivity index (χ0) is 16.2. The van der Waals surface area contributed by atoms with E-state index in [9.17, 15) is 19.8 Å². The van der Waals surface area contributed by atoms with E-state index >= 15 is 0 Å². The maximum atomic E-state index is 11.3. The Bertz CT molecular complexity index is 793. The highest BCUT2D eigenvalue weighted by molar-refractivity contribution is 5.99. The molecule has 1 heterocycles. The molecule has 2 aliphatic carbocycles. The first-order valence-corrected chi connectivity index (χ1v) is 7.76. The molecule has 0 unspecified atom stereocenters. The number of benzene rings is 1. The molecule has 0 bridgehead atoms. The van der Waals surface area contributed by atoms with Crippen molar-refractivity contribution in [2.45, 2.75) is 31.6 Å². The minimum Gasteiger partial charge on any atom is -0.480 e. The number of carboxylic acids is 2. The third-order valence-electron chi connectivity index (χ3n) is 5.65. The van der Waals surface area contributed by atoms with Crippen molar-refractivity contribution in [3.05, 3.63) is 42.1 Å². The van der Waals surface area contributed by atoms with Gasteiger partial charge in [-0.15, -0.1) is 0 Å². The van der Waals surface area contributed by atoms with Gasteiger partial charge in [-0.3, -0.25) is 14.6 Å². The molecule has 5 heteroatoms. The highest BCUT2D eigenvalue weighted by atomic mass is 16.4. The van der Waals surface area contributed by atoms with Crippen LogP contribution in [0.1, 0.15) is 37.2 Å². The Kier molecular flexibility index (Phi) is 2.80. The zero-order valence-corrected chi connectivity index (χ0v) is 12.5. The Hall–Kier alpha value is -2.43. The molecule has 2 aliphatic rings. The second-order valence-corrected chi connectivity index (χ2v) is 7.07. The first-order valence-electron chi connectivity index (χ1n) is 7.76. The number of fused-ring (bicyclic) bond motifs is 1. The molecule has 1 aromatic heterocycles. The first kappa shape index (κ1) is 14.2. The molecule has 1 aromatic carbocycles. The average Bonchev–Trinajstić information content (AvgIpc) is 2.44. The summed E-state index contributed by atoms with van der Waals surface area (Å²) in [6, 6.07) is 10.0. The summed E-state index contributed by atoms with van der Waals surface area (Å²) in [6.07, 6.45) is 4.04. The number of para-hydroxylation sites is 1. The van der Waals surface area contributed by atoms with Crippen LogP contribution in [-0.4, -0.2) is 27.1 Å². The lowest BCUT2D eigenvalue weighted by Crippen LogP contribution is -2.59. The Morgan fingerprint density at radius 1 is 1.04 bits per heavy atom. The second-order valence-electron chi connectivity index (χ2n) is 7.07. The largest absolute Gasteiger partial charge is 0.480 e. The van der Waals surface area contributed by atoms with E-state index in [-0.39, 0.29) is 18.3 Å². The van der Waals surface area contributed by atoms with E-state index in [0.717, 1.165) is 23.7 Å². The molecule has 118 valence electrons. The lowest BCUT2D eigenvalue weighted by Gasteiger charge is -2.60. The van der Waals surface area contributed by atoms with Crippen LogP contribution in [0.4, 0.5) is 0 Å². The van der Waals surface area contributed by atoms with Crippen molar-refractivity contribution in [2.75, 3.05) is 0 Å². The summed E-state index contributed by atoms with van der Waals surface area (Å²) >= 11 is 0. The van der Waals surface area contributed by atoms with Gasteiger partial charge in [0.2, 0.25) is 0 Å². The van der Waals surface area contributed by atoms with Crippen LogP contribution >= 0.6 is 0 Å². The first-order chi connectivity index (χ1) is 11.0. The molecule has 0 atom stereocenters. The van der Waals surface area contributed by atoms with E-state index < -0.39 is 17.4 Å². The predicted octanol–water partition coefficient (Wildman–Crippen LogP) is 3.05. The quantitative estimate of drug-likeness (QED) is 0.851. The standard InChI is InChI=1S/C18H17NO4/c20-15(21)18(16(22)23)9-17(10-18)7-11(8-17)12-5-6-19-14-4-2-1-3-13(12)14/h1-6,11H,7-10H2,(H,20,21)(H,22,23). The van der Waals surface area contributed by atoms with Crippen molar-refractivity contribution in [3.8, 4) is 0 Å². The number of aliphatic carboxylic acids is 2. The maximum absolute atomic E-state index is 11.3. The monoisotopic (exact) mass is 311 g/mol. The molecule has 2 aromatic rings. The van der Waals surface area contributed by atoms with Crippen molar-refractivity contribution in [1.82, 2.24) is 4.98 Å². The predicted molar refractivity (Wildman–Crippen MR) is 83.1 cm³/mol. The summed E-state index contributed by atoms with van der Waals surface area (Å²) in [5.41, 5.74) is 0.534. The number of nitrogens with zero attached hydrogens (tertiary/aromatic N) is 1. The van der Waals surface area contributed by atoms with E-state index in [2.05, 4.69) is 11.1 Å². The summed E-state index contributed by atoms with van der Waals surface area (Å²) < 4.78 is 0. The van der Waals surface area contributed by atoms with Gasteiger partial charge in [0.15, 0.2) is 5.41 Å². The van der Waals surface area contributed by atoms with Crippen molar-refractivity contribution in [1.29, 1.82) is 0 Å². The number of rotatable bonds is 3. The fourth-order valence-electron chi connectivity index (χ4n) is 4.59. The van der Waals surface area contributed by atoms with E-state index in [0.29, 0.717) is 5.92 Å². The molecule has 2 fully saturated rings. The summed E-state index contributed by atoms with van der Waals surface area (Å²) in [7, 11) is 0. The molecule has 0 saturated heterocycles. The molecule has 0 aliphatic heterocycles. The third kappa shape index (κ3) is 1.89. The molecular formula is C18H17NO4. The van der Waals surface area contributed by atoms with Crippen LogP contribution in [0.15, 0.2) is 36.5 Å². The van der Waals surface area contributed by atoms with Gasteiger partial charge in [-0.25, -0.2) is 0 Å². The van der Waals surface area contributed by atoms with Gasteiger partial charge in [-0.1, -0.05) is 18.2 Å². The van der Waals surface area contributed by atoms with Crippen molar-refractivity contribution >= 4 is 22.8 Å². The summed E-state index contributed by atoms with van der Waals surface area (Å²) in [4.78, 5) is 27.0. The highest BCUT2D eigenvalue weighted by Crippen LogP contribution is 2.68. The number of hydrogen-bond donors (Lipinski definition) is 2. The van der Waals surface area contributed by atoms with Gasteiger partial charge in [-0.05, 0) is 54.7 Å². The Labute approximate surface area is 133 Å². The highest BCUT2D eigenvalue weighted by Gasteiger charge is 2.67. The zero-order valence-electron chi connectivity index (χ0n) is 12.5. The Morgan fingerprint density at radius 3 is 2.35 bits per heavy atom. The van der Waals surface area contributed by atoms with Crippen LogP contribution < -0.4 is 0 Å². The van der Waals surface area contributed by atoms with Crippen molar-refractivity contribution < 1.29 is 19.8 Å². The molecule has 2 N–H and O–H groups in total. The van der Waals surface area contributed by atoms with Crippen LogP contribution in [0.2, 0.25) is 0 Å². The lowest BCUT2D eigenvalue weighted by molar-refractivity contribution is -0.192. The second kappa shape index (κ2) is 4.54. The van der Waals surface area contributed by atoms with Crippen LogP contribution in [-0.2, 0) is 9.59 Å². The summed E-state index contributed by atoms with van der Waals surface area (Å²) in [5, 5.41) is 19.6. The van der Waals surface area contributed by atoms with Crippen molar-refractivity contribution in [2.24, 2.45) is 10.8 Å². The lowest BCUT2D eigenvalue weighted by atomic mass is 9.42. The molecule has 0 radical (unpaired) electrons. The van der Waals surface area contributed by atoms with Gasteiger partial charge in [-0.2, -0.15) is 0 Å². The molecule has 0 amide bonds. The topological polar surface area (TPSA) is 87.5 Å². The van der Waals surface area contributed by atoms with Gasteiger partial charge in [0.05, 0.1) is 5.52 Å². The fraction of sp³-hybridized carbons (Fsp3) is 0.389. The SMILES string of the molecule is O=C(O)C1(C(=O)O)CC2(CC(c3ccnc4ccccc34)C2)C1. The van der Waals surface area contributed by atoms with Crippen LogP contribution in [0, 0.1) is 10.8 Å². The van der Waals surface area contributed by atoms with Gasteiger partial charge < -0.3 is 10.2 Å². The normalized spacial score (nSPS) is 21.6. The number of carboxylic acid groups (broad SMARTS) is 2.